The number of nitro groups is 1. The fraction of sp³-hybridized carbons (Fsp3) is 0.235. The van der Waals surface area contributed by atoms with Crippen LogP contribution in [0.25, 0.3) is 0 Å². The number of amides is 1. The second-order valence-electron chi connectivity index (χ2n) is 5.43. The van der Waals surface area contributed by atoms with E-state index in [1.165, 1.54) is 24.3 Å². The van der Waals surface area contributed by atoms with Crippen LogP contribution < -0.4 is 5.32 Å². The lowest BCUT2D eigenvalue weighted by Crippen LogP contribution is -2.24. The van der Waals surface area contributed by atoms with E-state index < -0.39 is 4.92 Å². The van der Waals surface area contributed by atoms with Crippen molar-refractivity contribution in [2.75, 3.05) is 18.9 Å². The van der Waals surface area contributed by atoms with Crippen LogP contribution >= 0.6 is 15.9 Å². The van der Waals surface area contributed by atoms with Crippen LogP contribution in [0.2, 0.25) is 0 Å². The second-order valence-corrected chi connectivity index (χ2v) is 6.29. The van der Waals surface area contributed by atoms with Gasteiger partial charge < -0.3 is 10.2 Å². The third-order valence-electron chi connectivity index (χ3n) is 3.48. The minimum absolute atomic E-state index is 0.00108. The summed E-state index contributed by atoms with van der Waals surface area (Å²) in [6.07, 6.45) is 0.345. The minimum Gasteiger partial charge on any atom is -0.326 e. The molecule has 0 atom stereocenters. The lowest BCUT2D eigenvalue weighted by Gasteiger charge is -2.17. The van der Waals surface area contributed by atoms with Gasteiger partial charge in [-0.1, -0.05) is 34.1 Å². The third-order valence-corrected chi connectivity index (χ3v) is 4.25. The Morgan fingerprint density at radius 2 is 1.88 bits per heavy atom. The van der Waals surface area contributed by atoms with Gasteiger partial charge in [-0.3, -0.25) is 14.9 Å². The second kappa shape index (κ2) is 8.56. The fourth-order valence-electron chi connectivity index (χ4n) is 2.18. The summed E-state index contributed by atoms with van der Waals surface area (Å²) >= 11 is 3.51. The number of nitrogens with zero attached hydrogens (tertiary/aromatic N) is 2. The van der Waals surface area contributed by atoms with Crippen LogP contribution in [0.15, 0.2) is 53.0 Å². The molecule has 2 aromatic carbocycles. The molecule has 0 aromatic heterocycles. The standard InChI is InChI=1S/C17H18BrN3O3/c1-20(12-13-4-2-3-5-16(13)18)11-10-17(22)19-14-6-8-15(9-7-14)21(23)24/h2-9H,10-12H2,1H3,(H,19,22). The van der Waals surface area contributed by atoms with Crippen molar-refractivity contribution < 1.29 is 9.72 Å². The molecule has 7 heteroatoms. The van der Waals surface area contributed by atoms with E-state index in [9.17, 15) is 14.9 Å². The third kappa shape index (κ3) is 5.43. The van der Waals surface area contributed by atoms with Gasteiger partial charge in [0.05, 0.1) is 4.92 Å². The van der Waals surface area contributed by atoms with E-state index in [0.29, 0.717) is 18.7 Å². The molecule has 24 heavy (non-hydrogen) atoms. The van der Waals surface area contributed by atoms with E-state index in [1.54, 1.807) is 0 Å². The van der Waals surface area contributed by atoms with Crippen molar-refractivity contribution in [3.8, 4) is 0 Å². The number of hydrogen-bond donors (Lipinski definition) is 1. The molecule has 1 amide bonds. The Morgan fingerprint density at radius 1 is 1.21 bits per heavy atom. The summed E-state index contributed by atoms with van der Waals surface area (Å²) in [6, 6.07) is 13.8. The van der Waals surface area contributed by atoms with Gasteiger partial charge in [0.15, 0.2) is 0 Å². The predicted molar refractivity (Wildman–Crippen MR) is 96.8 cm³/mol. The first-order chi connectivity index (χ1) is 11.5. The number of carbonyl (C=O) groups excluding carboxylic acids is 1. The Kier molecular flexibility index (Phi) is 6.45. The van der Waals surface area contributed by atoms with Gasteiger partial charge in [-0.15, -0.1) is 0 Å². The van der Waals surface area contributed by atoms with Gasteiger partial charge in [0.25, 0.3) is 5.69 Å². The maximum atomic E-state index is 12.0. The molecule has 6 nitrogen and oxygen atoms in total. The molecule has 2 rings (SSSR count). The Labute approximate surface area is 148 Å². The molecule has 2 aromatic rings. The topological polar surface area (TPSA) is 75.5 Å². The summed E-state index contributed by atoms with van der Waals surface area (Å²) in [5.74, 6) is -0.122. The van der Waals surface area contributed by atoms with Crippen LogP contribution in [0.3, 0.4) is 0 Å². The van der Waals surface area contributed by atoms with Crippen LogP contribution in [-0.2, 0) is 11.3 Å². The number of carbonyl (C=O) groups is 1. The van der Waals surface area contributed by atoms with E-state index in [1.807, 2.05) is 31.3 Å². The Balaban J connectivity index is 1.80. The van der Waals surface area contributed by atoms with E-state index >= 15 is 0 Å². The monoisotopic (exact) mass is 391 g/mol. The van der Waals surface area contributed by atoms with Crippen LogP contribution in [0, 0.1) is 10.1 Å². The highest BCUT2D eigenvalue weighted by atomic mass is 79.9. The van der Waals surface area contributed by atoms with Gasteiger partial charge in [-0.2, -0.15) is 0 Å². The van der Waals surface area contributed by atoms with Crippen LogP contribution in [0.1, 0.15) is 12.0 Å². The first-order valence-corrected chi connectivity index (χ1v) is 8.21. The molecule has 0 saturated carbocycles. The molecule has 126 valence electrons. The number of anilines is 1. The molecule has 0 aliphatic carbocycles. The number of nitrogens with one attached hydrogen (secondary N) is 1. The van der Waals surface area contributed by atoms with Gasteiger partial charge in [-0.05, 0) is 30.8 Å². The summed E-state index contributed by atoms with van der Waals surface area (Å²) in [4.78, 5) is 24.2. The number of non-ortho nitro benzene ring substituents is 1. The Hall–Kier alpha value is -2.25. The highest BCUT2D eigenvalue weighted by Crippen LogP contribution is 2.18. The van der Waals surface area contributed by atoms with E-state index in [2.05, 4.69) is 26.1 Å². The molecule has 0 fully saturated rings. The van der Waals surface area contributed by atoms with Gasteiger partial charge in [-0.25, -0.2) is 0 Å². The number of halogens is 1. The number of hydrogen-bond acceptors (Lipinski definition) is 4. The summed E-state index contributed by atoms with van der Waals surface area (Å²) in [7, 11) is 1.96. The Bertz CT molecular complexity index is 719. The van der Waals surface area contributed by atoms with Gasteiger partial charge >= 0.3 is 0 Å². The predicted octanol–water partition coefficient (Wildman–Crippen LogP) is 3.82. The van der Waals surface area contributed by atoms with Crippen molar-refractivity contribution in [1.29, 1.82) is 0 Å². The molecule has 0 bridgehead atoms. The van der Waals surface area contributed by atoms with Crippen molar-refractivity contribution in [2.45, 2.75) is 13.0 Å². The first kappa shape index (κ1) is 18.1. The highest BCUT2D eigenvalue weighted by molar-refractivity contribution is 9.10. The van der Waals surface area contributed by atoms with Crippen molar-refractivity contribution in [2.24, 2.45) is 0 Å². The average Bonchev–Trinajstić information content (AvgIpc) is 2.55. The van der Waals surface area contributed by atoms with Crippen molar-refractivity contribution >= 4 is 33.2 Å². The van der Waals surface area contributed by atoms with E-state index in [-0.39, 0.29) is 11.6 Å². The molecule has 0 radical (unpaired) electrons. The molecular weight excluding hydrogens is 374 g/mol. The zero-order valence-electron chi connectivity index (χ0n) is 13.2. The number of benzene rings is 2. The van der Waals surface area contributed by atoms with Gasteiger partial charge in [0.2, 0.25) is 5.91 Å². The van der Waals surface area contributed by atoms with Crippen LogP contribution in [-0.4, -0.2) is 29.3 Å². The smallest absolute Gasteiger partial charge is 0.269 e. The van der Waals surface area contributed by atoms with Crippen LogP contribution in [0.4, 0.5) is 11.4 Å². The largest absolute Gasteiger partial charge is 0.326 e. The normalized spacial score (nSPS) is 10.6. The summed E-state index contributed by atoms with van der Waals surface area (Å²) in [5.41, 5.74) is 1.72. The lowest BCUT2D eigenvalue weighted by atomic mass is 10.2. The molecule has 0 heterocycles. The zero-order valence-corrected chi connectivity index (χ0v) is 14.8. The van der Waals surface area contributed by atoms with Crippen LogP contribution in [0.5, 0.6) is 0 Å². The first-order valence-electron chi connectivity index (χ1n) is 7.42. The molecule has 0 aliphatic rings. The maximum Gasteiger partial charge on any atom is 0.269 e. The van der Waals surface area contributed by atoms with Gasteiger partial charge in [0.1, 0.15) is 0 Å². The minimum atomic E-state index is -0.470. The molecule has 1 N–H and O–H groups in total. The summed E-state index contributed by atoms with van der Waals surface area (Å²) in [6.45, 7) is 1.35. The maximum absolute atomic E-state index is 12.0. The molecule has 0 unspecified atom stereocenters. The average molecular weight is 392 g/mol. The summed E-state index contributed by atoms with van der Waals surface area (Å²) in [5, 5.41) is 13.3. The number of nitro benzene ring substituents is 1. The van der Waals surface area contributed by atoms with E-state index in [4.69, 9.17) is 0 Å². The molecular formula is C17H18BrN3O3. The fourth-order valence-corrected chi connectivity index (χ4v) is 2.59. The quantitative estimate of drug-likeness (QED) is 0.574. The molecule has 0 spiro atoms. The lowest BCUT2D eigenvalue weighted by molar-refractivity contribution is -0.384. The van der Waals surface area contributed by atoms with Crippen molar-refractivity contribution in [3.63, 3.8) is 0 Å². The molecule has 0 saturated heterocycles. The number of rotatable bonds is 7. The van der Waals surface area contributed by atoms with Gasteiger partial charge in [0, 0.05) is 41.8 Å². The van der Waals surface area contributed by atoms with E-state index in [0.717, 1.165) is 16.6 Å². The molecule has 0 aliphatic heterocycles. The highest BCUT2D eigenvalue weighted by Gasteiger charge is 2.09. The van der Waals surface area contributed by atoms with Crippen molar-refractivity contribution in [3.05, 3.63) is 68.7 Å². The summed E-state index contributed by atoms with van der Waals surface area (Å²) < 4.78 is 1.05. The zero-order chi connectivity index (χ0) is 17.5. The van der Waals surface area contributed by atoms with Crippen molar-refractivity contribution in [1.82, 2.24) is 4.90 Å². The Morgan fingerprint density at radius 3 is 2.50 bits per heavy atom. The SMILES string of the molecule is CN(CCC(=O)Nc1ccc([N+](=O)[O-])cc1)Cc1ccccc1Br.